The smallest absolute Gasteiger partial charge is 0.325 e. The van der Waals surface area contributed by atoms with E-state index < -0.39 is 0 Å². The molecule has 1 amide bonds. The van der Waals surface area contributed by atoms with Crippen LogP contribution in [-0.2, 0) is 20.9 Å². The van der Waals surface area contributed by atoms with E-state index in [1.807, 2.05) is 36.4 Å². The lowest BCUT2D eigenvalue weighted by molar-refractivity contribution is -0.141. The molecule has 0 spiro atoms. The summed E-state index contributed by atoms with van der Waals surface area (Å²) in [5.41, 5.74) is 0.895. The fraction of sp³-hybridized carbons (Fsp3) is 0.278. The Morgan fingerprint density at radius 1 is 1.25 bits per heavy atom. The lowest BCUT2D eigenvalue weighted by Gasteiger charge is -2.04. The number of fused-ring (bicyclic) bond motifs is 3. The maximum atomic E-state index is 12.1. The summed E-state index contributed by atoms with van der Waals surface area (Å²) in [6, 6.07) is 12.1. The van der Waals surface area contributed by atoms with Crippen LogP contribution in [-0.4, -0.2) is 23.6 Å². The Balaban J connectivity index is 1.97. The van der Waals surface area contributed by atoms with E-state index >= 15 is 0 Å². The fourth-order valence-corrected chi connectivity index (χ4v) is 3.92. The quantitative estimate of drug-likeness (QED) is 0.689. The third kappa shape index (κ3) is 2.63. The molecule has 5 nitrogen and oxygen atoms in total. The van der Waals surface area contributed by atoms with Gasteiger partial charge in [0.05, 0.1) is 17.3 Å². The van der Waals surface area contributed by atoms with E-state index in [1.54, 1.807) is 4.57 Å². The summed E-state index contributed by atoms with van der Waals surface area (Å²) >= 11 is 1.45. The molecule has 0 N–H and O–H groups in total. The molecule has 0 saturated heterocycles. The second-order valence-corrected chi connectivity index (χ2v) is 6.88. The first-order valence-corrected chi connectivity index (χ1v) is 8.65. The highest BCUT2D eigenvalue weighted by Crippen LogP contribution is 2.31. The Morgan fingerprint density at radius 2 is 2.04 bits per heavy atom. The molecule has 0 bridgehead atoms. The van der Waals surface area contributed by atoms with E-state index in [2.05, 4.69) is 4.99 Å². The van der Waals surface area contributed by atoms with Crippen molar-refractivity contribution >= 4 is 44.2 Å². The number of methoxy groups -OCH3 is 1. The van der Waals surface area contributed by atoms with Gasteiger partial charge in [0.2, 0.25) is 0 Å². The number of aromatic nitrogens is 1. The van der Waals surface area contributed by atoms with Crippen LogP contribution in [0.2, 0.25) is 0 Å². The molecule has 24 heavy (non-hydrogen) atoms. The number of thiazole rings is 1. The van der Waals surface area contributed by atoms with Crippen LogP contribution in [0.1, 0.15) is 12.8 Å². The van der Waals surface area contributed by atoms with E-state index in [4.69, 9.17) is 4.74 Å². The molecule has 4 rings (SSSR count). The van der Waals surface area contributed by atoms with Gasteiger partial charge in [0, 0.05) is 11.3 Å². The van der Waals surface area contributed by atoms with Crippen molar-refractivity contribution in [3.05, 3.63) is 41.2 Å². The van der Waals surface area contributed by atoms with Gasteiger partial charge in [-0.25, -0.2) is 0 Å². The van der Waals surface area contributed by atoms with Gasteiger partial charge < -0.3 is 9.30 Å². The van der Waals surface area contributed by atoms with E-state index in [0.29, 0.717) is 4.80 Å². The average molecular weight is 340 g/mol. The lowest BCUT2D eigenvalue weighted by atomic mass is 10.1. The number of nitrogens with zero attached hydrogens (tertiary/aromatic N) is 2. The monoisotopic (exact) mass is 340 g/mol. The highest BCUT2D eigenvalue weighted by Gasteiger charge is 2.29. The molecule has 1 fully saturated rings. The van der Waals surface area contributed by atoms with Crippen LogP contribution in [0.5, 0.6) is 0 Å². The Kier molecular flexibility index (Phi) is 3.69. The fourth-order valence-electron chi connectivity index (χ4n) is 2.75. The van der Waals surface area contributed by atoms with E-state index in [1.165, 1.54) is 18.4 Å². The molecule has 0 unspecified atom stereocenters. The minimum Gasteiger partial charge on any atom is -0.468 e. The van der Waals surface area contributed by atoms with Crippen molar-refractivity contribution in [2.75, 3.05) is 7.11 Å². The van der Waals surface area contributed by atoms with Gasteiger partial charge in [-0.2, -0.15) is 4.99 Å². The van der Waals surface area contributed by atoms with Gasteiger partial charge in [0.1, 0.15) is 6.54 Å². The Labute approximate surface area is 142 Å². The predicted molar refractivity (Wildman–Crippen MR) is 92.6 cm³/mol. The standard InChI is InChI=1S/C18H16N2O3S/c1-23-15(21)10-20-14-9-8-11-4-2-3-5-13(11)16(14)24-18(20)19-17(22)12-6-7-12/h2-5,8-9,12H,6-7,10H2,1H3. The first kappa shape index (κ1) is 15.1. The van der Waals surface area contributed by atoms with E-state index in [0.717, 1.165) is 33.8 Å². The first-order chi connectivity index (χ1) is 11.7. The van der Waals surface area contributed by atoms with Crippen molar-refractivity contribution in [1.82, 2.24) is 4.57 Å². The number of rotatable bonds is 3. The number of amides is 1. The maximum absolute atomic E-state index is 12.1. The van der Waals surface area contributed by atoms with Crippen LogP contribution in [0.3, 0.4) is 0 Å². The third-order valence-corrected chi connectivity index (χ3v) is 5.35. The molecule has 0 atom stereocenters. The van der Waals surface area contributed by atoms with Crippen LogP contribution in [0.25, 0.3) is 21.0 Å². The number of esters is 1. The van der Waals surface area contributed by atoms with Crippen molar-refractivity contribution in [3.63, 3.8) is 0 Å². The van der Waals surface area contributed by atoms with E-state index in [-0.39, 0.29) is 24.3 Å². The molecule has 6 heteroatoms. The number of hydrogen-bond donors (Lipinski definition) is 0. The van der Waals surface area contributed by atoms with E-state index in [9.17, 15) is 9.59 Å². The zero-order chi connectivity index (χ0) is 16.7. The van der Waals surface area contributed by atoms with Gasteiger partial charge >= 0.3 is 5.97 Å². The largest absolute Gasteiger partial charge is 0.468 e. The van der Waals surface area contributed by atoms with Gasteiger partial charge in [-0.15, -0.1) is 0 Å². The number of ether oxygens (including phenoxy) is 1. The lowest BCUT2D eigenvalue weighted by Crippen LogP contribution is -2.22. The molecular weight excluding hydrogens is 324 g/mol. The number of carbonyl (C=O) groups is 2. The molecular formula is C18H16N2O3S. The Morgan fingerprint density at radius 3 is 2.79 bits per heavy atom. The molecule has 3 aromatic rings. The van der Waals surface area contributed by atoms with Crippen molar-refractivity contribution in [2.24, 2.45) is 10.9 Å². The second-order valence-electron chi connectivity index (χ2n) is 5.91. The van der Waals surface area contributed by atoms with Crippen LogP contribution in [0.15, 0.2) is 41.4 Å². The summed E-state index contributed by atoms with van der Waals surface area (Å²) in [6.45, 7) is 0.0472. The molecule has 1 saturated carbocycles. The average Bonchev–Trinajstić information content (AvgIpc) is 3.40. The zero-order valence-electron chi connectivity index (χ0n) is 13.2. The van der Waals surface area contributed by atoms with Crippen LogP contribution in [0.4, 0.5) is 0 Å². The Bertz CT molecular complexity index is 1030. The minimum absolute atomic E-state index is 0.0472. The summed E-state index contributed by atoms with van der Waals surface area (Å²) in [4.78, 5) is 28.8. The molecule has 1 aromatic heterocycles. The molecule has 1 aliphatic rings. The SMILES string of the molecule is COC(=O)Cn1c(=NC(=O)C2CC2)sc2c3ccccc3ccc21. The minimum atomic E-state index is -0.358. The molecule has 0 radical (unpaired) electrons. The highest BCUT2D eigenvalue weighted by molar-refractivity contribution is 7.17. The topological polar surface area (TPSA) is 60.7 Å². The number of benzene rings is 2. The summed E-state index contributed by atoms with van der Waals surface area (Å²) in [5.74, 6) is -0.397. The number of hydrogen-bond acceptors (Lipinski definition) is 4. The second kappa shape index (κ2) is 5.87. The molecule has 2 aromatic carbocycles. The predicted octanol–water partition coefficient (Wildman–Crippen LogP) is 2.87. The zero-order valence-corrected chi connectivity index (χ0v) is 14.0. The van der Waals surface area contributed by atoms with Crippen LogP contribution < -0.4 is 4.80 Å². The van der Waals surface area contributed by atoms with Gasteiger partial charge in [-0.1, -0.05) is 41.7 Å². The number of carbonyl (C=O) groups excluding carboxylic acids is 2. The molecule has 1 heterocycles. The third-order valence-electron chi connectivity index (χ3n) is 4.22. The van der Waals surface area contributed by atoms with Gasteiger partial charge in [-0.3, -0.25) is 9.59 Å². The summed E-state index contributed by atoms with van der Waals surface area (Å²) in [6.07, 6.45) is 1.82. The van der Waals surface area contributed by atoms with Crippen molar-refractivity contribution < 1.29 is 14.3 Å². The van der Waals surface area contributed by atoms with Gasteiger partial charge in [-0.05, 0) is 24.3 Å². The maximum Gasteiger partial charge on any atom is 0.325 e. The van der Waals surface area contributed by atoms with Crippen LogP contribution in [0, 0.1) is 5.92 Å². The molecule has 122 valence electrons. The van der Waals surface area contributed by atoms with Crippen molar-refractivity contribution in [3.8, 4) is 0 Å². The normalized spacial score (nSPS) is 15.1. The molecule has 0 aliphatic heterocycles. The van der Waals surface area contributed by atoms with Gasteiger partial charge in [0.25, 0.3) is 5.91 Å². The summed E-state index contributed by atoms with van der Waals surface area (Å²) in [5, 5.41) is 2.22. The highest BCUT2D eigenvalue weighted by atomic mass is 32.1. The Hall–Kier alpha value is -2.47. The van der Waals surface area contributed by atoms with Crippen molar-refractivity contribution in [1.29, 1.82) is 0 Å². The summed E-state index contributed by atoms with van der Waals surface area (Å²) in [7, 11) is 1.36. The van der Waals surface area contributed by atoms with Gasteiger partial charge in [0.15, 0.2) is 4.80 Å². The van der Waals surface area contributed by atoms with Crippen molar-refractivity contribution in [2.45, 2.75) is 19.4 Å². The van der Waals surface area contributed by atoms with Crippen LogP contribution >= 0.6 is 11.3 Å². The first-order valence-electron chi connectivity index (χ1n) is 7.84. The summed E-state index contributed by atoms with van der Waals surface area (Å²) < 4.78 is 7.60. The molecule has 1 aliphatic carbocycles.